The molecular formula is C30H36ClF3N2O5S. The van der Waals surface area contributed by atoms with Crippen molar-refractivity contribution in [2.45, 2.75) is 80.8 Å². The van der Waals surface area contributed by atoms with Crippen molar-refractivity contribution in [1.82, 2.24) is 5.32 Å². The molecule has 0 heterocycles. The molecule has 0 aliphatic heterocycles. The number of carbonyl (C=O) groups excluding carboxylic acids is 2. The number of amides is 2. The average Bonchev–Trinajstić information content (AvgIpc) is 3.06. The fourth-order valence-corrected chi connectivity index (χ4v) is 7.50. The predicted molar refractivity (Wildman–Crippen MR) is 155 cm³/mol. The first kappa shape index (κ1) is 32.6. The van der Waals surface area contributed by atoms with Crippen LogP contribution in [-0.4, -0.2) is 56.7 Å². The molecule has 7 nitrogen and oxygen atoms in total. The lowest BCUT2D eigenvalue weighted by atomic mass is 9.71. The van der Waals surface area contributed by atoms with E-state index in [9.17, 15) is 38.1 Å². The van der Waals surface area contributed by atoms with Crippen molar-refractivity contribution in [1.29, 1.82) is 0 Å². The molecule has 42 heavy (non-hydrogen) atoms. The van der Waals surface area contributed by atoms with E-state index in [4.69, 9.17) is 11.6 Å². The van der Waals surface area contributed by atoms with Gasteiger partial charge in [-0.1, -0.05) is 32.4 Å². The van der Waals surface area contributed by atoms with Gasteiger partial charge in [-0.2, -0.15) is 0 Å². The van der Waals surface area contributed by atoms with Gasteiger partial charge >= 0.3 is 0 Å². The summed E-state index contributed by atoms with van der Waals surface area (Å²) in [7, 11) is 0. The molecule has 0 spiro atoms. The molecule has 4 rings (SSSR count). The highest BCUT2D eigenvalue weighted by atomic mass is 35.5. The molecule has 5 unspecified atom stereocenters. The molecule has 0 aromatic heterocycles. The number of thioether (sulfide) groups is 1. The summed E-state index contributed by atoms with van der Waals surface area (Å²) < 4.78 is 40.4. The van der Waals surface area contributed by atoms with Crippen molar-refractivity contribution in [3.63, 3.8) is 0 Å². The Bertz CT molecular complexity index is 1300. The molecule has 2 aromatic carbocycles. The van der Waals surface area contributed by atoms with Gasteiger partial charge in [-0.3, -0.25) is 9.59 Å². The van der Waals surface area contributed by atoms with Gasteiger partial charge in [0.25, 0.3) is 5.91 Å². The second-order valence-corrected chi connectivity index (χ2v) is 14.1. The molecule has 0 radical (unpaired) electrons. The van der Waals surface area contributed by atoms with E-state index < -0.39 is 46.6 Å². The molecule has 2 aliphatic rings. The summed E-state index contributed by atoms with van der Waals surface area (Å²) in [5.74, 6) is -5.59. The molecule has 0 saturated heterocycles. The van der Waals surface area contributed by atoms with Crippen LogP contribution in [0.3, 0.4) is 0 Å². The Morgan fingerprint density at radius 1 is 1.05 bits per heavy atom. The van der Waals surface area contributed by atoms with E-state index in [0.717, 1.165) is 12.8 Å². The molecule has 2 amide bonds. The normalized spacial score (nSPS) is 25.1. The maximum absolute atomic E-state index is 13.6. The molecule has 2 saturated carbocycles. The summed E-state index contributed by atoms with van der Waals surface area (Å²) >= 11 is 7.90. The van der Waals surface area contributed by atoms with Gasteiger partial charge in [-0.15, -0.1) is 11.8 Å². The fraction of sp³-hybridized carbons (Fsp3) is 0.533. The lowest BCUT2D eigenvalue weighted by molar-refractivity contribution is -0.130. The Balaban J connectivity index is 1.38. The average molecular weight is 629 g/mol. The molecule has 12 heteroatoms. The van der Waals surface area contributed by atoms with E-state index in [0.29, 0.717) is 34.9 Å². The van der Waals surface area contributed by atoms with Crippen LogP contribution in [0.25, 0.3) is 0 Å². The summed E-state index contributed by atoms with van der Waals surface area (Å²) in [6.07, 6.45) is 0.348. The summed E-state index contributed by atoms with van der Waals surface area (Å²) in [4.78, 5) is 25.5. The van der Waals surface area contributed by atoms with Crippen molar-refractivity contribution >= 4 is 40.9 Å². The highest BCUT2D eigenvalue weighted by molar-refractivity contribution is 8.00. The Labute approximate surface area is 252 Å². The maximum Gasteiger partial charge on any atom is 0.255 e. The van der Waals surface area contributed by atoms with E-state index in [1.54, 1.807) is 32.9 Å². The van der Waals surface area contributed by atoms with E-state index in [-0.39, 0.29) is 47.2 Å². The third kappa shape index (κ3) is 7.24. The SMILES string of the molecule is CC(C)(C)C(=O)NCC(O)C(O)CC1(O)C2CC[C@H]1CC(Sc1cc(C(=O)Nc3cc(F)c(F)c(F)c3)ccc1Cl)C2. The Morgan fingerprint density at radius 2 is 1.64 bits per heavy atom. The number of fused-ring (bicyclic) bond motifs is 2. The molecule has 2 aromatic rings. The maximum atomic E-state index is 13.6. The van der Waals surface area contributed by atoms with Crippen LogP contribution in [0.2, 0.25) is 5.02 Å². The van der Waals surface area contributed by atoms with Crippen molar-refractivity contribution < 1.29 is 38.1 Å². The summed E-state index contributed by atoms with van der Waals surface area (Å²) in [5, 5.41) is 38.3. The lowest BCUT2D eigenvalue weighted by Crippen LogP contribution is -2.51. The lowest BCUT2D eigenvalue weighted by Gasteiger charge is -2.44. The van der Waals surface area contributed by atoms with Crippen LogP contribution in [0.4, 0.5) is 18.9 Å². The predicted octanol–water partition coefficient (Wildman–Crippen LogP) is 5.30. The van der Waals surface area contributed by atoms with Crippen molar-refractivity contribution in [3.05, 3.63) is 58.4 Å². The number of nitrogens with one attached hydrogen (secondary N) is 2. The van der Waals surface area contributed by atoms with Crippen LogP contribution in [0.5, 0.6) is 0 Å². The summed E-state index contributed by atoms with van der Waals surface area (Å²) in [6, 6.07) is 5.98. The van der Waals surface area contributed by atoms with E-state index in [2.05, 4.69) is 10.6 Å². The quantitative estimate of drug-likeness (QED) is 0.241. The zero-order valence-electron chi connectivity index (χ0n) is 23.6. The molecule has 2 aliphatic carbocycles. The van der Waals surface area contributed by atoms with E-state index in [1.807, 2.05) is 0 Å². The number of aliphatic hydroxyl groups is 3. The number of halogens is 4. The molecule has 230 valence electrons. The summed E-state index contributed by atoms with van der Waals surface area (Å²) in [6.45, 7) is 5.13. The number of carbonyl (C=O) groups is 2. The number of hydrogen-bond donors (Lipinski definition) is 5. The first-order valence-corrected chi connectivity index (χ1v) is 15.1. The highest BCUT2D eigenvalue weighted by Crippen LogP contribution is 2.55. The fourth-order valence-electron chi connectivity index (χ4n) is 5.85. The number of benzene rings is 2. The zero-order valence-corrected chi connectivity index (χ0v) is 25.2. The molecular weight excluding hydrogens is 593 g/mol. The Kier molecular flexibility index (Phi) is 9.89. The largest absolute Gasteiger partial charge is 0.390 e. The first-order valence-electron chi connectivity index (χ1n) is 13.9. The van der Waals surface area contributed by atoms with Gasteiger partial charge in [0.15, 0.2) is 17.5 Å². The molecule has 2 fully saturated rings. The standard InChI is InChI=1S/C30H36ClF3N2O5S/c1-29(2,3)28(40)35-14-24(38)23(37)13-30(41)16-5-6-17(30)10-19(9-16)42-25-8-15(4-7-20(25)31)27(39)36-18-11-21(32)26(34)22(33)12-18/h4,7-8,11-12,16-17,19,23-24,37-38,41H,5-6,9-10,13-14H2,1-3H3,(H,35,40)(H,36,39)/t16-,17?,19?,23?,24?,30?/m0/s1. The van der Waals surface area contributed by atoms with Gasteiger partial charge in [0.1, 0.15) is 0 Å². The second kappa shape index (κ2) is 12.7. The number of anilines is 1. The number of hydrogen-bond acceptors (Lipinski definition) is 6. The second-order valence-electron chi connectivity index (χ2n) is 12.3. The van der Waals surface area contributed by atoms with E-state index >= 15 is 0 Å². The Morgan fingerprint density at radius 3 is 2.21 bits per heavy atom. The van der Waals surface area contributed by atoms with Crippen LogP contribution in [0.15, 0.2) is 35.2 Å². The van der Waals surface area contributed by atoms with Crippen LogP contribution in [0.1, 0.15) is 63.2 Å². The number of rotatable bonds is 9. The smallest absolute Gasteiger partial charge is 0.255 e. The third-order valence-electron chi connectivity index (χ3n) is 8.23. The van der Waals surface area contributed by atoms with Gasteiger partial charge in [0, 0.05) is 51.9 Å². The van der Waals surface area contributed by atoms with Crippen LogP contribution in [0, 0.1) is 34.7 Å². The Hall–Kier alpha value is -2.31. The van der Waals surface area contributed by atoms with Gasteiger partial charge in [-0.25, -0.2) is 13.2 Å². The number of aliphatic hydroxyl groups excluding tert-OH is 2. The topological polar surface area (TPSA) is 119 Å². The first-order chi connectivity index (χ1) is 19.6. The van der Waals surface area contributed by atoms with Crippen molar-refractivity contribution in [2.75, 3.05) is 11.9 Å². The van der Waals surface area contributed by atoms with Crippen LogP contribution >= 0.6 is 23.4 Å². The van der Waals surface area contributed by atoms with Gasteiger partial charge in [-0.05, 0) is 55.7 Å². The molecule has 6 atom stereocenters. The van der Waals surface area contributed by atoms with Gasteiger partial charge in [0.2, 0.25) is 5.91 Å². The zero-order chi connectivity index (χ0) is 31.0. The summed E-state index contributed by atoms with van der Waals surface area (Å²) in [5.41, 5.74) is -1.83. The third-order valence-corrected chi connectivity index (χ3v) is 9.99. The van der Waals surface area contributed by atoms with Crippen LogP contribution in [-0.2, 0) is 4.79 Å². The van der Waals surface area contributed by atoms with Crippen LogP contribution < -0.4 is 10.6 Å². The minimum Gasteiger partial charge on any atom is -0.390 e. The molecule has 2 bridgehead atoms. The minimum absolute atomic E-state index is 0.00668. The van der Waals surface area contributed by atoms with Gasteiger partial charge in [0.05, 0.1) is 22.8 Å². The highest BCUT2D eigenvalue weighted by Gasteiger charge is 2.54. The molecule has 5 N–H and O–H groups in total. The van der Waals surface area contributed by atoms with E-state index in [1.165, 1.54) is 17.8 Å². The van der Waals surface area contributed by atoms with Crippen molar-refractivity contribution in [3.8, 4) is 0 Å². The van der Waals surface area contributed by atoms with Gasteiger partial charge < -0.3 is 26.0 Å². The van der Waals surface area contributed by atoms with Crippen molar-refractivity contribution in [2.24, 2.45) is 17.3 Å². The minimum atomic E-state index is -1.62. The monoisotopic (exact) mass is 628 g/mol.